The van der Waals surface area contributed by atoms with Crippen molar-refractivity contribution in [2.24, 2.45) is 0 Å². The Morgan fingerprint density at radius 3 is 1.33 bits per heavy atom. The molecule has 0 unspecified atom stereocenters. The molecule has 1 aromatic rings. The summed E-state index contributed by atoms with van der Waals surface area (Å²) in [4.78, 5) is 0. The van der Waals surface area contributed by atoms with E-state index in [-0.39, 0.29) is 6.61 Å². The Bertz CT molecular complexity index is 419. The zero-order valence-electron chi connectivity index (χ0n) is 15.0. The van der Waals surface area contributed by atoms with Crippen LogP contribution in [0.3, 0.4) is 0 Å². The number of rotatable bonds is 13. The number of unbranched alkanes of at least 4 members (excludes halogenated alkanes) is 10. The van der Waals surface area contributed by atoms with Gasteiger partial charge in [0, 0.05) is 0 Å². The van der Waals surface area contributed by atoms with Crippen molar-refractivity contribution in [1.82, 2.24) is 0 Å². The average molecular weight is 359 g/mol. The molecule has 0 aliphatic carbocycles. The lowest BCUT2D eigenvalue weighted by Crippen LogP contribution is -2.04. The zero-order chi connectivity index (χ0) is 17.9. The van der Waals surface area contributed by atoms with Gasteiger partial charge in [-0.25, -0.2) is 4.18 Å². The highest BCUT2D eigenvalue weighted by Gasteiger charge is 2.02. The second-order valence-electron chi connectivity index (χ2n) is 5.94. The van der Waals surface area contributed by atoms with E-state index >= 15 is 0 Å². The van der Waals surface area contributed by atoms with Gasteiger partial charge in [0.25, 0.3) is 0 Å². The topological polar surface area (TPSA) is 63.6 Å². The molecule has 0 bridgehead atoms. The highest BCUT2D eigenvalue weighted by Crippen LogP contribution is 2.11. The fourth-order valence-electron chi connectivity index (χ4n) is 2.32. The molecule has 0 fully saturated rings. The fourth-order valence-corrected chi connectivity index (χ4v) is 2.64. The van der Waals surface area contributed by atoms with Gasteiger partial charge in [0.2, 0.25) is 0 Å². The van der Waals surface area contributed by atoms with Crippen molar-refractivity contribution in [3.05, 3.63) is 36.4 Å². The summed E-state index contributed by atoms with van der Waals surface area (Å²) in [5, 5.41) is 0. The largest absolute Gasteiger partial charge is 0.397 e. The van der Waals surface area contributed by atoms with Gasteiger partial charge >= 0.3 is 10.4 Å². The monoisotopic (exact) mass is 358 g/mol. The van der Waals surface area contributed by atoms with Gasteiger partial charge in [-0.1, -0.05) is 108 Å². The quantitative estimate of drug-likeness (QED) is 0.357. The van der Waals surface area contributed by atoms with Crippen LogP contribution in [0.15, 0.2) is 36.4 Å². The van der Waals surface area contributed by atoms with Crippen molar-refractivity contribution in [2.45, 2.75) is 77.6 Å². The molecule has 0 saturated heterocycles. The Balaban J connectivity index is 0.000000728. The molecule has 140 valence electrons. The molecule has 0 heterocycles. The lowest BCUT2D eigenvalue weighted by Gasteiger charge is -2.02. The molecule has 0 saturated carbocycles. The first-order valence-corrected chi connectivity index (χ1v) is 10.5. The molecule has 0 radical (unpaired) electrons. The molecule has 1 rings (SSSR count). The van der Waals surface area contributed by atoms with Gasteiger partial charge in [-0.2, -0.15) is 8.42 Å². The first-order chi connectivity index (χ1) is 11.6. The van der Waals surface area contributed by atoms with Crippen LogP contribution >= 0.6 is 0 Å². The molecule has 1 N–H and O–H groups in total. The van der Waals surface area contributed by atoms with Crippen LogP contribution in [0.5, 0.6) is 0 Å². The van der Waals surface area contributed by atoms with Crippen molar-refractivity contribution < 1.29 is 17.2 Å². The third kappa shape index (κ3) is 21.1. The number of hydrogen-bond acceptors (Lipinski definition) is 3. The van der Waals surface area contributed by atoms with Crippen LogP contribution in [0.2, 0.25) is 0 Å². The summed E-state index contributed by atoms with van der Waals surface area (Å²) in [5.41, 5.74) is 0. The van der Waals surface area contributed by atoms with Gasteiger partial charge in [-0.3, -0.25) is 4.55 Å². The normalized spacial score (nSPS) is 10.9. The molecule has 24 heavy (non-hydrogen) atoms. The molecule has 0 spiro atoms. The van der Waals surface area contributed by atoms with Gasteiger partial charge in [0.1, 0.15) is 0 Å². The summed E-state index contributed by atoms with van der Waals surface area (Å²) in [6.45, 7) is 2.32. The van der Waals surface area contributed by atoms with E-state index in [1.807, 2.05) is 36.4 Å². The highest BCUT2D eigenvalue weighted by molar-refractivity contribution is 7.80. The zero-order valence-corrected chi connectivity index (χ0v) is 15.8. The van der Waals surface area contributed by atoms with Crippen LogP contribution in [0.25, 0.3) is 0 Å². The minimum Gasteiger partial charge on any atom is -0.264 e. The summed E-state index contributed by atoms with van der Waals surface area (Å²) in [5.74, 6) is 0. The number of benzene rings is 1. The van der Waals surface area contributed by atoms with E-state index in [0.29, 0.717) is 6.42 Å². The predicted octanol–water partition coefficient (Wildman–Crippen LogP) is 5.80. The summed E-state index contributed by atoms with van der Waals surface area (Å²) in [7, 11) is -4.24. The molecule has 0 aliphatic rings. The summed E-state index contributed by atoms with van der Waals surface area (Å²) in [6, 6.07) is 12.0. The first-order valence-electron chi connectivity index (χ1n) is 9.18. The average Bonchev–Trinajstić information content (AvgIpc) is 2.57. The fraction of sp³-hybridized carbons (Fsp3) is 0.684. The molecule has 5 heteroatoms. The van der Waals surface area contributed by atoms with Crippen LogP contribution in [0.4, 0.5) is 0 Å². The second kappa shape index (κ2) is 16.9. The molecule has 0 aromatic heterocycles. The van der Waals surface area contributed by atoms with Crippen LogP contribution in [-0.4, -0.2) is 19.6 Å². The summed E-state index contributed by atoms with van der Waals surface area (Å²) >= 11 is 0. The molecular weight excluding hydrogens is 324 g/mol. The van der Waals surface area contributed by atoms with Gasteiger partial charge in [0.05, 0.1) is 6.61 Å². The summed E-state index contributed by atoms with van der Waals surface area (Å²) in [6.07, 6.45) is 13.3. The van der Waals surface area contributed by atoms with Crippen molar-refractivity contribution >= 4 is 10.4 Å². The van der Waals surface area contributed by atoms with Crippen molar-refractivity contribution in [3.8, 4) is 0 Å². The maximum absolute atomic E-state index is 10.2. The van der Waals surface area contributed by atoms with E-state index in [9.17, 15) is 8.42 Å². The molecule has 0 aliphatic heterocycles. The Hall–Kier alpha value is -0.910. The SMILES string of the molecule is CCCCCCCCCCCCCOS(=O)(=O)O.c1ccccc1. The third-order valence-electron chi connectivity index (χ3n) is 3.65. The smallest absolute Gasteiger partial charge is 0.264 e. The molecule has 1 aromatic carbocycles. The van der Waals surface area contributed by atoms with Gasteiger partial charge in [-0.15, -0.1) is 0 Å². The van der Waals surface area contributed by atoms with Crippen molar-refractivity contribution in [1.29, 1.82) is 0 Å². The second-order valence-corrected chi connectivity index (χ2v) is 7.03. The van der Waals surface area contributed by atoms with Crippen LogP contribution in [-0.2, 0) is 14.6 Å². The van der Waals surface area contributed by atoms with E-state index in [1.165, 1.54) is 51.4 Å². The van der Waals surface area contributed by atoms with E-state index < -0.39 is 10.4 Å². The maximum Gasteiger partial charge on any atom is 0.397 e. The van der Waals surface area contributed by atoms with Crippen LogP contribution < -0.4 is 0 Å². The number of hydrogen-bond donors (Lipinski definition) is 1. The Labute approximate surface area is 148 Å². The first kappa shape index (κ1) is 23.1. The van der Waals surface area contributed by atoms with E-state index in [0.717, 1.165) is 12.8 Å². The maximum atomic E-state index is 10.2. The molecule has 0 amide bonds. The van der Waals surface area contributed by atoms with E-state index in [4.69, 9.17) is 4.55 Å². The van der Waals surface area contributed by atoms with Gasteiger partial charge < -0.3 is 0 Å². The van der Waals surface area contributed by atoms with Crippen LogP contribution in [0, 0.1) is 0 Å². The van der Waals surface area contributed by atoms with E-state index in [1.54, 1.807) is 0 Å². The van der Waals surface area contributed by atoms with Crippen LogP contribution in [0.1, 0.15) is 77.6 Å². The Kier molecular flexibility index (Phi) is 16.3. The Morgan fingerprint density at radius 2 is 1.00 bits per heavy atom. The van der Waals surface area contributed by atoms with E-state index in [2.05, 4.69) is 11.1 Å². The predicted molar refractivity (Wildman–Crippen MR) is 100 cm³/mol. The lowest BCUT2D eigenvalue weighted by molar-refractivity contribution is 0.261. The Morgan fingerprint density at radius 1 is 0.667 bits per heavy atom. The summed E-state index contributed by atoms with van der Waals surface area (Å²) < 4.78 is 33.1. The standard InChI is InChI=1S/C13H28O4S.C6H6/c1-2-3-4-5-6-7-8-9-10-11-12-13-17-18(14,15)16;1-2-4-6-5-3-1/h2-13H2,1H3,(H,14,15,16);1-6H. The van der Waals surface area contributed by atoms with Crippen molar-refractivity contribution in [2.75, 3.05) is 6.61 Å². The lowest BCUT2D eigenvalue weighted by atomic mass is 10.1. The van der Waals surface area contributed by atoms with Crippen molar-refractivity contribution in [3.63, 3.8) is 0 Å². The molecular formula is C19H34O4S. The van der Waals surface area contributed by atoms with Gasteiger partial charge in [-0.05, 0) is 6.42 Å². The van der Waals surface area contributed by atoms with Gasteiger partial charge in [0.15, 0.2) is 0 Å². The third-order valence-corrected chi connectivity index (χ3v) is 4.11. The minimum absolute atomic E-state index is 0.0931. The minimum atomic E-state index is -4.24. The molecule has 4 nitrogen and oxygen atoms in total. The molecule has 0 atom stereocenters. The highest BCUT2D eigenvalue weighted by atomic mass is 32.3.